The molecule has 1 atom stereocenters. The third-order valence-electron chi connectivity index (χ3n) is 3.01. The van der Waals surface area contributed by atoms with Gasteiger partial charge in [0.05, 0.1) is 12.2 Å². The number of rotatable bonds is 4. The minimum Gasteiger partial charge on any atom is -0.479 e. The van der Waals surface area contributed by atoms with Crippen molar-refractivity contribution in [1.82, 2.24) is 0 Å². The van der Waals surface area contributed by atoms with E-state index in [2.05, 4.69) is 5.32 Å². The number of carboxylic acid groups (broad SMARTS) is 2. The van der Waals surface area contributed by atoms with E-state index in [-0.39, 0.29) is 18.7 Å². The van der Waals surface area contributed by atoms with Crippen LogP contribution in [0.4, 0.5) is 10.1 Å². The summed E-state index contributed by atoms with van der Waals surface area (Å²) < 4.78 is 18.6. The molecule has 1 fully saturated rings. The number of nitrogens with one attached hydrogen (secondary N) is 1. The van der Waals surface area contributed by atoms with Gasteiger partial charge in [-0.2, -0.15) is 0 Å². The number of ether oxygens (including phenoxy) is 1. The van der Waals surface area contributed by atoms with Crippen LogP contribution in [0.1, 0.15) is 16.8 Å². The lowest BCUT2D eigenvalue weighted by Crippen LogP contribution is -2.47. The lowest BCUT2D eigenvalue weighted by molar-refractivity contribution is -0.142. The van der Waals surface area contributed by atoms with Crippen LogP contribution in [-0.4, -0.2) is 40.9 Å². The second-order valence-electron chi connectivity index (χ2n) is 4.31. The van der Waals surface area contributed by atoms with E-state index >= 15 is 0 Å². The van der Waals surface area contributed by atoms with Crippen LogP contribution in [0.2, 0.25) is 0 Å². The van der Waals surface area contributed by atoms with Crippen LogP contribution in [0.3, 0.4) is 0 Å². The van der Waals surface area contributed by atoms with Crippen LogP contribution in [0.25, 0.3) is 0 Å². The highest BCUT2D eigenvalue weighted by Crippen LogP contribution is 2.26. The number of hydrogen-bond donors (Lipinski definition) is 3. The van der Waals surface area contributed by atoms with Crippen molar-refractivity contribution >= 4 is 17.6 Å². The molecule has 0 radical (unpaired) electrons. The Morgan fingerprint density at radius 2 is 2.11 bits per heavy atom. The summed E-state index contributed by atoms with van der Waals surface area (Å²) in [7, 11) is 0. The second-order valence-corrected chi connectivity index (χ2v) is 4.31. The molecular formula is C12H12FNO5. The maximum Gasteiger partial charge on any atom is 0.338 e. The highest BCUT2D eigenvalue weighted by atomic mass is 19.1. The van der Waals surface area contributed by atoms with E-state index in [4.69, 9.17) is 9.84 Å². The van der Waals surface area contributed by atoms with E-state index in [1.807, 2.05) is 0 Å². The fourth-order valence-electron chi connectivity index (χ4n) is 1.93. The second kappa shape index (κ2) is 4.85. The number of benzene rings is 1. The van der Waals surface area contributed by atoms with Crippen molar-refractivity contribution in [3.8, 4) is 0 Å². The van der Waals surface area contributed by atoms with Crippen molar-refractivity contribution < 1.29 is 28.9 Å². The van der Waals surface area contributed by atoms with E-state index in [9.17, 15) is 19.1 Å². The van der Waals surface area contributed by atoms with Crippen LogP contribution in [0.5, 0.6) is 0 Å². The zero-order chi connectivity index (χ0) is 14.0. The molecule has 1 saturated heterocycles. The minimum atomic E-state index is -1.37. The van der Waals surface area contributed by atoms with E-state index in [0.717, 1.165) is 12.1 Å². The maximum atomic E-state index is 13.5. The first-order valence-electron chi connectivity index (χ1n) is 5.57. The Hall–Kier alpha value is -2.15. The number of aliphatic carboxylic acids is 1. The maximum absolute atomic E-state index is 13.5. The van der Waals surface area contributed by atoms with Crippen LogP contribution in [0.15, 0.2) is 18.2 Å². The molecule has 1 aliphatic heterocycles. The molecule has 7 heteroatoms. The molecule has 1 aliphatic rings. The molecule has 19 heavy (non-hydrogen) atoms. The van der Waals surface area contributed by atoms with Gasteiger partial charge in [0.2, 0.25) is 0 Å². The van der Waals surface area contributed by atoms with Gasteiger partial charge in [0.25, 0.3) is 0 Å². The zero-order valence-corrected chi connectivity index (χ0v) is 9.85. The first-order valence-corrected chi connectivity index (χ1v) is 5.57. The van der Waals surface area contributed by atoms with E-state index < -0.39 is 28.9 Å². The Bertz CT molecular complexity index is 525. The first kappa shape index (κ1) is 13.3. The molecule has 102 valence electrons. The molecule has 0 unspecified atom stereocenters. The summed E-state index contributed by atoms with van der Waals surface area (Å²) in [6.07, 6.45) is 0.255. The molecule has 0 amide bonds. The summed E-state index contributed by atoms with van der Waals surface area (Å²) in [6.45, 7) is 0.277. The molecule has 2 rings (SSSR count). The normalized spacial score (nSPS) is 22.2. The van der Waals surface area contributed by atoms with E-state index in [0.29, 0.717) is 6.61 Å². The van der Waals surface area contributed by atoms with E-state index in [1.165, 1.54) is 6.07 Å². The minimum absolute atomic E-state index is 0.0232. The van der Waals surface area contributed by atoms with Crippen molar-refractivity contribution in [2.75, 3.05) is 18.5 Å². The molecule has 0 saturated carbocycles. The van der Waals surface area contributed by atoms with Crippen LogP contribution in [-0.2, 0) is 9.53 Å². The number of carbonyl (C=O) groups is 2. The molecule has 3 N–H and O–H groups in total. The largest absolute Gasteiger partial charge is 0.479 e. The van der Waals surface area contributed by atoms with E-state index in [1.54, 1.807) is 0 Å². The SMILES string of the molecule is O=C(O)c1ccc(N[C@]2(C(=O)O)CCOC2)cc1F. The third kappa shape index (κ3) is 2.50. The highest BCUT2D eigenvalue weighted by Gasteiger charge is 2.42. The quantitative estimate of drug-likeness (QED) is 0.759. The fraction of sp³-hybridized carbons (Fsp3) is 0.333. The Morgan fingerprint density at radius 1 is 1.37 bits per heavy atom. The molecular weight excluding hydrogens is 257 g/mol. The van der Waals surface area contributed by atoms with Gasteiger partial charge in [-0.25, -0.2) is 14.0 Å². The summed E-state index contributed by atoms with van der Waals surface area (Å²) in [5, 5.41) is 20.6. The van der Waals surface area contributed by atoms with Gasteiger partial charge in [0, 0.05) is 18.7 Å². The number of aromatic carboxylic acids is 1. The predicted molar refractivity (Wildman–Crippen MR) is 62.8 cm³/mol. The standard InChI is InChI=1S/C12H12FNO5/c13-9-5-7(1-2-8(9)10(15)16)14-12(11(17)18)3-4-19-6-12/h1-2,5,14H,3-4,6H2,(H,15,16)(H,17,18)/t12-/m1/s1. The van der Waals surface area contributed by atoms with Gasteiger partial charge in [-0.3, -0.25) is 0 Å². The van der Waals surface area contributed by atoms with Crippen LogP contribution >= 0.6 is 0 Å². The van der Waals surface area contributed by atoms with Crippen molar-refractivity contribution in [3.63, 3.8) is 0 Å². The molecule has 1 heterocycles. The van der Waals surface area contributed by atoms with Crippen LogP contribution < -0.4 is 5.32 Å². The smallest absolute Gasteiger partial charge is 0.338 e. The molecule has 0 aliphatic carbocycles. The molecule has 6 nitrogen and oxygen atoms in total. The van der Waals surface area contributed by atoms with Gasteiger partial charge in [-0.15, -0.1) is 0 Å². The van der Waals surface area contributed by atoms with Crippen molar-refractivity contribution in [2.24, 2.45) is 0 Å². The summed E-state index contributed by atoms with van der Waals surface area (Å²) in [5.41, 5.74) is -1.55. The Labute approximate surface area is 107 Å². The highest BCUT2D eigenvalue weighted by molar-refractivity contribution is 5.89. The summed E-state index contributed by atoms with van der Waals surface area (Å²) in [6, 6.07) is 3.38. The van der Waals surface area contributed by atoms with Crippen molar-refractivity contribution in [3.05, 3.63) is 29.6 Å². The Balaban J connectivity index is 2.26. The summed E-state index contributed by atoms with van der Waals surface area (Å²) >= 11 is 0. The molecule has 0 aromatic heterocycles. The van der Waals surface area contributed by atoms with Crippen molar-refractivity contribution in [1.29, 1.82) is 0 Å². The van der Waals surface area contributed by atoms with Gasteiger partial charge in [-0.05, 0) is 18.2 Å². The van der Waals surface area contributed by atoms with Gasteiger partial charge < -0.3 is 20.3 Å². The summed E-state index contributed by atoms with van der Waals surface area (Å²) in [4.78, 5) is 21.9. The third-order valence-corrected chi connectivity index (χ3v) is 3.01. The first-order chi connectivity index (χ1) is 8.94. The monoisotopic (exact) mass is 269 g/mol. The van der Waals surface area contributed by atoms with Gasteiger partial charge >= 0.3 is 11.9 Å². The average Bonchev–Trinajstić information content (AvgIpc) is 2.78. The van der Waals surface area contributed by atoms with Gasteiger partial charge in [-0.1, -0.05) is 0 Å². The van der Waals surface area contributed by atoms with Gasteiger partial charge in [0.15, 0.2) is 5.54 Å². The molecule has 0 bridgehead atoms. The molecule has 1 aromatic rings. The fourth-order valence-corrected chi connectivity index (χ4v) is 1.93. The molecule has 0 spiro atoms. The average molecular weight is 269 g/mol. The summed E-state index contributed by atoms with van der Waals surface area (Å²) in [5.74, 6) is -3.38. The molecule has 1 aromatic carbocycles. The Kier molecular flexibility index (Phi) is 3.39. The zero-order valence-electron chi connectivity index (χ0n) is 9.85. The lowest BCUT2D eigenvalue weighted by atomic mass is 9.98. The number of carboxylic acids is 2. The lowest BCUT2D eigenvalue weighted by Gasteiger charge is -2.25. The number of hydrogen-bond acceptors (Lipinski definition) is 4. The van der Waals surface area contributed by atoms with Crippen molar-refractivity contribution in [2.45, 2.75) is 12.0 Å². The predicted octanol–water partition coefficient (Wildman–Crippen LogP) is 1.18. The number of anilines is 1. The topological polar surface area (TPSA) is 95.9 Å². The number of halogens is 1. The van der Waals surface area contributed by atoms with Gasteiger partial charge in [0.1, 0.15) is 5.82 Å². The van der Waals surface area contributed by atoms with Crippen LogP contribution in [0, 0.1) is 5.82 Å². The Morgan fingerprint density at radius 3 is 2.58 bits per heavy atom.